The molecule has 0 spiro atoms. The topological polar surface area (TPSA) is 59.2 Å². The Morgan fingerprint density at radius 2 is 2.13 bits per heavy atom. The van der Waals surface area contributed by atoms with Crippen LogP contribution in [-0.2, 0) is 6.42 Å². The van der Waals surface area contributed by atoms with Gasteiger partial charge < -0.3 is 10.6 Å². The minimum atomic E-state index is -0.244. The number of hydrogen-bond donors (Lipinski definition) is 1. The molecule has 126 valence electrons. The Morgan fingerprint density at radius 3 is 2.78 bits per heavy atom. The Labute approximate surface area is 150 Å². The van der Waals surface area contributed by atoms with Gasteiger partial charge in [-0.3, -0.25) is 4.79 Å². The van der Waals surface area contributed by atoms with Gasteiger partial charge >= 0.3 is 0 Å². The molecule has 0 unspecified atom stereocenters. The number of nitrogens with two attached hydrogens (primary N) is 1. The largest absolute Gasteiger partial charge is 0.336 e. The minimum Gasteiger partial charge on any atom is -0.336 e. The second-order valence-electron chi connectivity index (χ2n) is 5.19. The molecule has 1 amide bonds. The second kappa shape index (κ2) is 8.59. The Morgan fingerprint density at radius 1 is 1.39 bits per heavy atom. The molecule has 3 rings (SSSR count). The van der Waals surface area contributed by atoms with Crippen LogP contribution in [0.25, 0.3) is 0 Å². The number of likely N-dealkylation sites (tertiary alicyclic amines) is 1. The second-order valence-corrected chi connectivity index (χ2v) is 6.14. The van der Waals surface area contributed by atoms with Crippen molar-refractivity contribution in [2.24, 2.45) is 5.73 Å². The van der Waals surface area contributed by atoms with Gasteiger partial charge in [-0.2, -0.15) is 0 Å². The van der Waals surface area contributed by atoms with Crippen LogP contribution in [0.2, 0.25) is 0 Å². The van der Waals surface area contributed by atoms with Gasteiger partial charge in [0.05, 0.1) is 5.01 Å². The first-order valence-electron chi connectivity index (χ1n) is 6.86. The van der Waals surface area contributed by atoms with Crippen molar-refractivity contribution in [3.8, 4) is 0 Å². The molecule has 0 radical (unpaired) electrons. The smallest absolute Gasteiger partial charge is 0.273 e. The molecule has 0 saturated carbocycles. The molecular weight excluding hydrogens is 360 g/mol. The van der Waals surface area contributed by atoms with Gasteiger partial charge in [-0.15, -0.1) is 36.2 Å². The Bertz CT molecular complexity index is 668. The van der Waals surface area contributed by atoms with Crippen molar-refractivity contribution >= 4 is 42.1 Å². The molecule has 23 heavy (non-hydrogen) atoms. The highest BCUT2D eigenvalue weighted by atomic mass is 35.5. The molecule has 2 heterocycles. The van der Waals surface area contributed by atoms with E-state index in [9.17, 15) is 9.18 Å². The summed E-state index contributed by atoms with van der Waals surface area (Å²) in [6.45, 7) is 1.26. The van der Waals surface area contributed by atoms with Crippen LogP contribution >= 0.6 is 36.2 Å². The van der Waals surface area contributed by atoms with Crippen molar-refractivity contribution in [2.75, 3.05) is 13.1 Å². The number of thiazole rings is 1. The summed E-state index contributed by atoms with van der Waals surface area (Å²) in [4.78, 5) is 18.3. The molecule has 2 aromatic rings. The highest BCUT2D eigenvalue weighted by Gasteiger charge is 2.26. The van der Waals surface area contributed by atoms with Crippen LogP contribution in [0.15, 0.2) is 29.6 Å². The monoisotopic (exact) mass is 377 g/mol. The molecule has 1 atom stereocenters. The zero-order valence-corrected chi connectivity index (χ0v) is 14.7. The average molecular weight is 378 g/mol. The summed E-state index contributed by atoms with van der Waals surface area (Å²) in [5.41, 5.74) is 6.83. The predicted molar refractivity (Wildman–Crippen MR) is 94.3 cm³/mol. The van der Waals surface area contributed by atoms with Crippen molar-refractivity contribution < 1.29 is 9.18 Å². The fourth-order valence-electron chi connectivity index (χ4n) is 2.43. The molecule has 0 aliphatic carbocycles. The van der Waals surface area contributed by atoms with Gasteiger partial charge in [0.1, 0.15) is 11.5 Å². The van der Waals surface area contributed by atoms with Gasteiger partial charge in [0.2, 0.25) is 0 Å². The number of rotatable bonds is 3. The summed E-state index contributed by atoms with van der Waals surface area (Å²) in [7, 11) is 0. The molecule has 1 fully saturated rings. The molecule has 1 saturated heterocycles. The number of carbonyl (C=O) groups excluding carboxylic acids is 1. The first-order valence-corrected chi connectivity index (χ1v) is 7.74. The van der Waals surface area contributed by atoms with E-state index >= 15 is 0 Å². The molecule has 0 bridgehead atoms. The summed E-state index contributed by atoms with van der Waals surface area (Å²) in [6, 6.07) is 6.68. The summed E-state index contributed by atoms with van der Waals surface area (Å²) in [6.07, 6.45) is 1.24. The van der Waals surface area contributed by atoms with Gasteiger partial charge in [-0.1, -0.05) is 18.2 Å². The fraction of sp³-hybridized carbons (Fsp3) is 0.333. The van der Waals surface area contributed by atoms with Gasteiger partial charge in [0.25, 0.3) is 5.91 Å². The quantitative estimate of drug-likeness (QED) is 0.894. The van der Waals surface area contributed by atoms with Crippen LogP contribution in [0.5, 0.6) is 0 Å². The van der Waals surface area contributed by atoms with Crippen LogP contribution in [0.4, 0.5) is 4.39 Å². The Balaban J connectivity index is 0.00000132. The van der Waals surface area contributed by atoms with E-state index in [1.807, 2.05) is 0 Å². The number of benzene rings is 1. The maximum absolute atomic E-state index is 13.6. The van der Waals surface area contributed by atoms with Crippen LogP contribution in [0, 0.1) is 5.82 Å². The maximum atomic E-state index is 13.6. The summed E-state index contributed by atoms with van der Waals surface area (Å²) < 4.78 is 13.6. The van der Waals surface area contributed by atoms with Crippen LogP contribution < -0.4 is 5.73 Å². The molecule has 2 N–H and O–H groups in total. The lowest BCUT2D eigenvalue weighted by molar-refractivity contribution is 0.0785. The van der Waals surface area contributed by atoms with Crippen LogP contribution in [-0.4, -0.2) is 34.9 Å². The van der Waals surface area contributed by atoms with Crippen LogP contribution in [0.1, 0.15) is 27.5 Å². The molecular formula is C15H18Cl2FN3OS. The van der Waals surface area contributed by atoms with E-state index in [0.29, 0.717) is 30.8 Å². The van der Waals surface area contributed by atoms with Crippen molar-refractivity contribution in [2.45, 2.75) is 18.9 Å². The van der Waals surface area contributed by atoms with E-state index in [4.69, 9.17) is 5.73 Å². The standard InChI is InChI=1S/C15H16FN3OS.2ClH/c16-12-4-2-1-3-10(12)7-14-18-13(9-21-14)15(20)19-6-5-11(17)8-19;;/h1-4,9,11H,5-8,17H2;2*1H/t11-;;/m1../s1. The van der Waals surface area contributed by atoms with Crippen molar-refractivity contribution in [1.29, 1.82) is 0 Å². The first-order chi connectivity index (χ1) is 10.1. The summed E-state index contributed by atoms with van der Waals surface area (Å²) in [5, 5.41) is 2.48. The van der Waals surface area contributed by atoms with E-state index < -0.39 is 0 Å². The van der Waals surface area contributed by atoms with Gasteiger partial charge in [0, 0.05) is 30.9 Å². The van der Waals surface area contributed by atoms with E-state index in [1.54, 1.807) is 28.5 Å². The summed E-state index contributed by atoms with van der Waals surface area (Å²) >= 11 is 1.38. The van der Waals surface area contributed by atoms with Gasteiger partial charge in [-0.25, -0.2) is 9.37 Å². The number of aromatic nitrogens is 1. The molecule has 1 aromatic carbocycles. The lowest BCUT2D eigenvalue weighted by atomic mass is 10.1. The third-order valence-electron chi connectivity index (χ3n) is 3.58. The Kier molecular flexibility index (Phi) is 7.41. The van der Waals surface area contributed by atoms with Gasteiger partial charge in [-0.05, 0) is 18.1 Å². The average Bonchev–Trinajstić information content (AvgIpc) is 3.10. The molecule has 1 aromatic heterocycles. The Hall–Kier alpha value is -1.21. The molecule has 1 aliphatic rings. The minimum absolute atomic E-state index is 0. The number of carbonyl (C=O) groups is 1. The molecule has 1 aliphatic heterocycles. The predicted octanol–water partition coefficient (Wildman–Crippen LogP) is 2.89. The van der Waals surface area contributed by atoms with E-state index in [0.717, 1.165) is 11.4 Å². The number of halogens is 3. The lowest BCUT2D eigenvalue weighted by Crippen LogP contribution is -2.32. The van der Waals surface area contributed by atoms with Crippen molar-refractivity contribution in [1.82, 2.24) is 9.88 Å². The molecule has 8 heteroatoms. The van der Waals surface area contributed by atoms with Gasteiger partial charge in [0.15, 0.2) is 0 Å². The van der Waals surface area contributed by atoms with E-state index in [-0.39, 0.29) is 42.6 Å². The highest BCUT2D eigenvalue weighted by Crippen LogP contribution is 2.19. The van der Waals surface area contributed by atoms with E-state index in [2.05, 4.69) is 4.98 Å². The van der Waals surface area contributed by atoms with E-state index in [1.165, 1.54) is 17.4 Å². The third kappa shape index (κ3) is 4.64. The highest BCUT2D eigenvalue weighted by molar-refractivity contribution is 7.09. The maximum Gasteiger partial charge on any atom is 0.273 e. The van der Waals surface area contributed by atoms with Crippen molar-refractivity contribution in [3.05, 3.63) is 51.7 Å². The van der Waals surface area contributed by atoms with Crippen molar-refractivity contribution in [3.63, 3.8) is 0 Å². The number of hydrogen-bond acceptors (Lipinski definition) is 4. The zero-order chi connectivity index (χ0) is 14.8. The number of amides is 1. The van der Waals surface area contributed by atoms with Crippen LogP contribution in [0.3, 0.4) is 0 Å². The number of nitrogens with zero attached hydrogens (tertiary/aromatic N) is 2. The summed E-state index contributed by atoms with van der Waals surface area (Å²) in [5.74, 6) is -0.329. The lowest BCUT2D eigenvalue weighted by Gasteiger charge is -2.13. The molecule has 4 nitrogen and oxygen atoms in total. The fourth-order valence-corrected chi connectivity index (χ4v) is 3.22. The first kappa shape index (κ1) is 19.8. The SMILES string of the molecule is Cl.Cl.N[C@@H]1CCN(C(=O)c2csc(Cc3ccccc3F)n2)C1. The zero-order valence-electron chi connectivity index (χ0n) is 12.3. The normalized spacial score (nSPS) is 16.6. The third-order valence-corrected chi connectivity index (χ3v) is 4.43.